The van der Waals surface area contributed by atoms with Crippen molar-refractivity contribution in [1.82, 2.24) is 19.7 Å². The minimum absolute atomic E-state index is 0.266. The molecule has 0 aliphatic rings. The number of carbonyl (C=O) groups excluding carboxylic acids is 1. The largest absolute Gasteiger partial charge is 0.497 e. The van der Waals surface area contributed by atoms with Gasteiger partial charge in [0.05, 0.1) is 14.2 Å². The van der Waals surface area contributed by atoms with Gasteiger partial charge in [0.25, 0.3) is 5.91 Å². The van der Waals surface area contributed by atoms with Crippen molar-refractivity contribution in [3.05, 3.63) is 78.9 Å². The highest BCUT2D eigenvalue weighted by molar-refractivity contribution is 6.04. The van der Waals surface area contributed by atoms with Gasteiger partial charge in [0, 0.05) is 41.5 Å². The topological polar surface area (TPSA) is 103 Å². The fourth-order valence-electron chi connectivity index (χ4n) is 2.87. The van der Waals surface area contributed by atoms with Crippen LogP contribution in [0.2, 0.25) is 0 Å². The van der Waals surface area contributed by atoms with Crippen LogP contribution in [0.5, 0.6) is 11.5 Å². The first-order valence-electron chi connectivity index (χ1n) is 9.38. The van der Waals surface area contributed by atoms with Gasteiger partial charge in [0.2, 0.25) is 0 Å². The van der Waals surface area contributed by atoms with Crippen LogP contribution in [0, 0.1) is 0 Å². The average Bonchev–Trinajstić information content (AvgIpc) is 3.35. The van der Waals surface area contributed by atoms with Crippen molar-refractivity contribution < 1.29 is 14.3 Å². The van der Waals surface area contributed by atoms with Crippen molar-refractivity contribution in [2.45, 2.75) is 0 Å². The summed E-state index contributed by atoms with van der Waals surface area (Å²) in [7, 11) is 3.08. The van der Waals surface area contributed by atoms with Crippen LogP contribution in [-0.2, 0) is 0 Å². The van der Waals surface area contributed by atoms with E-state index < -0.39 is 0 Å². The van der Waals surface area contributed by atoms with Gasteiger partial charge in [0.15, 0.2) is 5.82 Å². The molecule has 0 aliphatic heterocycles. The Balaban J connectivity index is 1.44. The smallest absolute Gasteiger partial charge is 0.255 e. The van der Waals surface area contributed by atoms with E-state index in [1.807, 2.05) is 24.4 Å². The van der Waals surface area contributed by atoms with Gasteiger partial charge in [-0.25, -0.2) is 14.6 Å². The van der Waals surface area contributed by atoms with Crippen LogP contribution in [0.25, 0.3) is 5.82 Å². The molecule has 0 fully saturated rings. The molecule has 1 amide bonds. The summed E-state index contributed by atoms with van der Waals surface area (Å²) in [6, 6.07) is 15.9. The molecule has 2 N–H and O–H groups in total. The molecule has 31 heavy (non-hydrogen) atoms. The first kappa shape index (κ1) is 19.9. The molecule has 2 aromatic heterocycles. The predicted molar refractivity (Wildman–Crippen MR) is 116 cm³/mol. The zero-order chi connectivity index (χ0) is 21.6. The lowest BCUT2D eigenvalue weighted by Gasteiger charge is -2.10. The molecule has 0 spiro atoms. The Morgan fingerprint density at radius 3 is 2.29 bits per heavy atom. The average molecular weight is 416 g/mol. The third-order valence-corrected chi connectivity index (χ3v) is 4.42. The van der Waals surface area contributed by atoms with Gasteiger partial charge in [-0.15, -0.1) is 0 Å². The van der Waals surface area contributed by atoms with E-state index in [0.717, 1.165) is 5.69 Å². The van der Waals surface area contributed by atoms with E-state index in [1.165, 1.54) is 20.5 Å². The zero-order valence-electron chi connectivity index (χ0n) is 16.9. The molecule has 4 aromatic rings. The first-order valence-corrected chi connectivity index (χ1v) is 9.38. The number of amides is 1. The normalized spacial score (nSPS) is 10.4. The number of carbonyl (C=O) groups is 1. The van der Waals surface area contributed by atoms with Gasteiger partial charge < -0.3 is 20.1 Å². The lowest BCUT2D eigenvalue weighted by Crippen LogP contribution is -2.12. The summed E-state index contributed by atoms with van der Waals surface area (Å²) in [6.07, 6.45) is 4.96. The van der Waals surface area contributed by atoms with E-state index in [-0.39, 0.29) is 5.91 Å². The molecule has 4 rings (SSSR count). The number of ether oxygens (including phenoxy) is 2. The third kappa shape index (κ3) is 4.78. The lowest BCUT2D eigenvalue weighted by atomic mass is 10.1. The monoisotopic (exact) mass is 416 g/mol. The number of rotatable bonds is 7. The van der Waals surface area contributed by atoms with Gasteiger partial charge in [-0.2, -0.15) is 5.10 Å². The SMILES string of the molecule is COc1cc(OC)cc(C(=O)Nc2ccc(Nc3cc(-n4cccn4)ncn3)cc2)c1. The Bertz CT molecular complexity index is 1150. The summed E-state index contributed by atoms with van der Waals surface area (Å²) in [5.74, 6) is 2.10. The molecule has 0 atom stereocenters. The highest BCUT2D eigenvalue weighted by Crippen LogP contribution is 2.24. The van der Waals surface area contributed by atoms with Gasteiger partial charge in [-0.05, 0) is 42.5 Å². The minimum Gasteiger partial charge on any atom is -0.497 e. The molecule has 0 saturated heterocycles. The molecule has 2 aromatic carbocycles. The Labute approximate surface area is 178 Å². The molecular weight excluding hydrogens is 396 g/mol. The number of hydrogen-bond donors (Lipinski definition) is 2. The van der Waals surface area contributed by atoms with Crippen molar-refractivity contribution >= 4 is 23.1 Å². The van der Waals surface area contributed by atoms with Crippen molar-refractivity contribution in [2.75, 3.05) is 24.9 Å². The molecule has 0 radical (unpaired) electrons. The van der Waals surface area contributed by atoms with E-state index in [2.05, 4.69) is 25.7 Å². The molecule has 9 heteroatoms. The maximum atomic E-state index is 12.6. The second kappa shape index (κ2) is 8.95. The summed E-state index contributed by atoms with van der Waals surface area (Å²) < 4.78 is 12.1. The fourth-order valence-corrected chi connectivity index (χ4v) is 2.87. The molecule has 0 saturated carbocycles. The molecule has 0 aliphatic carbocycles. The first-order chi connectivity index (χ1) is 15.1. The summed E-state index contributed by atoms with van der Waals surface area (Å²) in [5, 5.41) is 10.2. The molecule has 2 heterocycles. The van der Waals surface area contributed by atoms with Gasteiger partial charge in [-0.3, -0.25) is 4.79 Å². The van der Waals surface area contributed by atoms with E-state index in [1.54, 1.807) is 47.3 Å². The van der Waals surface area contributed by atoms with Gasteiger partial charge in [-0.1, -0.05) is 0 Å². The molecule has 156 valence electrons. The Morgan fingerprint density at radius 1 is 0.935 bits per heavy atom. The summed E-state index contributed by atoms with van der Waals surface area (Å²) in [6.45, 7) is 0. The number of nitrogens with zero attached hydrogens (tertiary/aromatic N) is 4. The lowest BCUT2D eigenvalue weighted by molar-refractivity contribution is 0.102. The number of benzene rings is 2. The zero-order valence-corrected chi connectivity index (χ0v) is 16.9. The number of anilines is 3. The van der Waals surface area contributed by atoms with Crippen LogP contribution >= 0.6 is 0 Å². The Kier molecular flexibility index (Phi) is 5.75. The molecular formula is C22H20N6O3. The van der Waals surface area contributed by atoms with Crippen molar-refractivity contribution in [2.24, 2.45) is 0 Å². The van der Waals surface area contributed by atoms with E-state index in [4.69, 9.17) is 9.47 Å². The predicted octanol–water partition coefficient (Wildman–Crippen LogP) is 3.68. The maximum absolute atomic E-state index is 12.6. The van der Waals surface area contributed by atoms with Gasteiger partial charge in [0.1, 0.15) is 23.6 Å². The second-order valence-corrected chi connectivity index (χ2v) is 6.47. The quantitative estimate of drug-likeness (QED) is 0.474. The van der Waals surface area contributed by atoms with Crippen molar-refractivity contribution in [3.63, 3.8) is 0 Å². The summed E-state index contributed by atoms with van der Waals surface area (Å²) in [4.78, 5) is 21.1. The van der Waals surface area contributed by atoms with Crippen LogP contribution in [-0.4, -0.2) is 39.9 Å². The van der Waals surface area contributed by atoms with Gasteiger partial charge >= 0.3 is 0 Å². The van der Waals surface area contributed by atoms with E-state index in [9.17, 15) is 4.79 Å². The maximum Gasteiger partial charge on any atom is 0.255 e. The van der Waals surface area contributed by atoms with Crippen LogP contribution in [0.15, 0.2) is 73.3 Å². The number of methoxy groups -OCH3 is 2. The van der Waals surface area contributed by atoms with Crippen LogP contribution in [0.4, 0.5) is 17.2 Å². The Morgan fingerprint density at radius 2 is 1.65 bits per heavy atom. The fraction of sp³-hybridized carbons (Fsp3) is 0.0909. The Hall–Kier alpha value is -4.40. The van der Waals surface area contributed by atoms with Crippen LogP contribution < -0.4 is 20.1 Å². The van der Waals surface area contributed by atoms with Crippen molar-refractivity contribution in [3.8, 4) is 17.3 Å². The van der Waals surface area contributed by atoms with E-state index >= 15 is 0 Å². The molecule has 9 nitrogen and oxygen atoms in total. The number of hydrogen-bond acceptors (Lipinski definition) is 7. The molecule has 0 unspecified atom stereocenters. The van der Waals surface area contributed by atoms with Crippen molar-refractivity contribution in [1.29, 1.82) is 0 Å². The van der Waals surface area contributed by atoms with E-state index in [0.29, 0.717) is 34.4 Å². The number of nitrogens with one attached hydrogen (secondary N) is 2. The standard InChI is InChI=1S/C22H20N6O3/c1-30-18-10-15(11-19(12-18)31-2)22(29)27-17-6-4-16(5-7-17)26-20-13-21(24-14-23-20)28-9-3-8-25-28/h3-14H,1-2H3,(H,27,29)(H,23,24,26). The third-order valence-electron chi connectivity index (χ3n) is 4.42. The summed E-state index contributed by atoms with van der Waals surface area (Å²) >= 11 is 0. The van der Waals surface area contributed by atoms with Crippen LogP contribution in [0.3, 0.4) is 0 Å². The highest BCUT2D eigenvalue weighted by Gasteiger charge is 2.10. The number of aromatic nitrogens is 4. The minimum atomic E-state index is -0.266. The van der Waals surface area contributed by atoms with Crippen LogP contribution in [0.1, 0.15) is 10.4 Å². The second-order valence-electron chi connectivity index (χ2n) is 6.47. The summed E-state index contributed by atoms with van der Waals surface area (Å²) in [5.41, 5.74) is 1.90. The molecule has 0 bridgehead atoms. The highest BCUT2D eigenvalue weighted by atomic mass is 16.5.